The van der Waals surface area contributed by atoms with Crippen molar-refractivity contribution in [2.75, 3.05) is 11.9 Å². The molecule has 0 saturated heterocycles. The zero-order valence-electron chi connectivity index (χ0n) is 23.5. The number of aliphatic hydroxyl groups is 1. The number of hydrogen-bond acceptors (Lipinski definition) is 6. The average molecular weight is 550 g/mol. The number of rotatable bonds is 11. The highest BCUT2D eigenvalue weighted by Gasteiger charge is 2.44. The van der Waals surface area contributed by atoms with E-state index >= 15 is 0 Å². The Balaban J connectivity index is 1.40. The number of benzene rings is 2. The van der Waals surface area contributed by atoms with Crippen molar-refractivity contribution < 1.29 is 9.90 Å². The van der Waals surface area contributed by atoms with Crippen molar-refractivity contribution in [3.8, 4) is 0 Å². The third-order valence-corrected chi connectivity index (χ3v) is 7.50. The van der Waals surface area contributed by atoms with Crippen molar-refractivity contribution in [1.82, 2.24) is 20.6 Å². The minimum atomic E-state index is -0.745. The first-order valence-corrected chi connectivity index (χ1v) is 14.1. The number of halogens is 1. The molecule has 0 spiro atoms. The first-order valence-electron chi connectivity index (χ1n) is 13.7. The van der Waals surface area contributed by atoms with E-state index in [1.807, 2.05) is 37.3 Å². The van der Waals surface area contributed by atoms with Crippen molar-refractivity contribution in [2.45, 2.75) is 83.4 Å². The summed E-state index contributed by atoms with van der Waals surface area (Å²) < 4.78 is 0. The summed E-state index contributed by atoms with van der Waals surface area (Å²) in [5.74, 6) is 0.475. The number of hydrogen-bond donors (Lipinski definition) is 4. The second-order valence-corrected chi connectivity index (χ2v) is 11.9. The van der Waals surface area contributed by atoms with Crippen LogP contribution in [-0.2, 0) is 28.6 Å². The Morgan fingerprint density at radius 2 is 1.82 bits per heavy atom. The van der Waals surface area contributed by atoms with Gasteiger partial charge in [0.15, 0.2) is 0 Å². The summed E-state index contributed by atoms with van der Waals surface area (Å²) in [5.41, 5.74) is 5.26. The number of aryl methyl sites for hydroxylation is 1. The number of nitrogens with zero attached hydrogens (tertiary/aromatic N) is 2. The van der Waals surface area contributed by atoms with Crippen LogP contribution in [0.4, 0.5) is 11.5 Å². The Hall–Kier alpha value is -3.00. The Morgan fingerprint density at radius 1 is 1.10 bits per heavy atom. The fourth-order valence-corrected chi connectivity index (χ4v) is 5.00. The van der Waals surface area contributed by atoms with Gasteiger partial charge in [0.2, 0.25) is 11.2 Å². The van der Waals surface area contributed by atoms with Crippen LogP contribution in [0.3, 0.4) is 0 Å². The van der Waals surface area contributed by atoms with E-state index in [0.717, 1.165) is 36.2 Å². The average Bonchev–Trinajstić information content (AvgIpc) is 3.68. The quantitative estimate of drug-likeness (QED) is 0.238. The lowest BCUT2D eigenvalue weighted by atomic mass is 9.85. The lowest BCUT2D eigenvalue weighted by Gasteiger charge is -2.28. The molecule has 0 radical (unpaired) electrons. The van der Waals surface area contributed by atoms with E-state index in [1.165, 1.54) is 18.1 Å². The molecule has 1 fully saturated rings. The van der Waals surface area contributed by atoms with Gasteiger partial charge in [0.05, 0.1) is 12.1 Å². The molecule has 4 rings (SSSR count). The minimum Gasteiger partial charge on any atom is -0.390 e. The molecular formula is C31H40ClN5O2. The number of aliphatic hydroxyl groups excluding tert-OH is 1. The summed E-state index contributed by atoms with van der Waals surface area (Å²) in [6.45, 7) is 10.5. The van der Waals surface area contributed by atoms with Crippen LogP contribution in [0.1, 0.15) is 69.8 Å². The molecule has 8 heteroatoms. The van der Waals surface area contributed by atoms with Gasteiger partial charge in [0.25, 0.3) is 0 Å². The van der Waals surface area contributed by atoms with Gasteiger partial charge < -0.3 is 21.1 Å². The molecule has 1 saturated carbocycles. The number of aromatic nitrogens is 2. The molecule has 1 amide bonds. The van der Waals surface area contributed by atoms with Crippen molar-refractivity contribution in [3.63, 3.8) is 0 Å². The van der Waals surface area contributed by atoms with Gasteiger partial charge in [0.1, 0.15) is 5.82 Å². The van der Waals surface area contributed by atoms with Crippen LogP contribution in [0, 0.1) is 0 Å². The molecule has 0 bridgehead atoms. The summed E-state index contributed by atoms with van der Waals surface area (Å²) in [5, 5.41) is 21.2. The molecule has 2 aromatic carbocycles. The summed E-state index contributed by atoms with van der Waals surface area (Å²) in [6.07, 6.45) is 2.59. The molecule has 39 heavy (non-hydrogen) atoms. The molecule has 1 heterocycles. The van der Waals surface area contributed by atoms with E-state index in [0.29, 0.717) is 18.8 Å². The fourth-order valence-electron chi connectivity index (χ4n) is 4.80. The van der Waals surface area contributed by atoms with Gasteiger partial charge >= 0.3 is 0 Å². The molecule has 1 aliphatic rings. The van der Waals surface area contributed by atoms with Crippen LogP contribution < -0.4 is 16.0 Å². The van der Waals surface area contributed by atoms with Gasteiger partial charge in [-0.2, -0.15) is 0 Å². The minimum absolute atomic E-state index is 0.0769. The second-order valence-electron chi connectivity index (χ2n) is 11.6. The number of nitrogens with one attached hydrogen (secondary N) is 3. The molecule has 1 aliphatic carbocycles. The van der Waals surface area contributed by atoms with E-state index in [4.69, 9.17) is 11.6 Å². The highest BCUT2D eigenvalue weighted by atomic mass is 35.5. The molecule has 1 aromatic heterocycles. The summed E-state index contributed by atoms with van der Waals surface area (Å²) in [6, 6.07) is 18.1. The molecule has 7 nitrogen and oxygen atoms in total. The van der Waals surface area contributed by atoms with Crippen LogP contribution in [0.25, 0.3) is 0 Å². The first kappa shape index (κ1) is 29.0. The largest absolute Gasteiger partial charge is 0.390 e. The Bertz CT molecular complexity index is 1280. The SMILES string of the molecule is CCc1cc(Nc2ccc(C[C@H](NC(C)=O)[C@H](O)CNC3(c4cccc(C(C)(C)C)c4)CC3)cc2)nc(Cl)n1. The lowest BCUT2D eigenvalue weighted by molar-refractivity contribution is -0.120. The van der Waals surface area contributed by atoms with Gasteiger partial charge in [-0.25, -0.2) is 9.97 Å². The van der Waals surface area contributed by atoms with Crippen LogP contribution in [-0.4, -0.2) is 39.7 Å². The van der Waals surface area contributed by atoms with Crippen LogP contribution >= 0.6 is 11.6 Å². The second kappa shape index (κ2) is 12.0. The van der Waals surface area contributed by atoms with Crippen LogP contribution in [0.15, 0.2) is 54.6 Å². The van der Waals surface area contributed by atoms with E-state index in [2.05, 4.69) is 71.0 Å². The maximum absolute atomic E-state index is 12.0. The molecule has 2 atom stereocenters. The zero-order valence-corrected chi connectivity index (χ0v) is 24.3. The molecule has 4 N–H and O–H groups in total. The number of amides is 1. The predicted octanol–water partition coefficient (Wildman–Crippen LogP) is 5.42. The van der Waals surface area contributed by atoms with Gasteiger partial charge in [0, 0.05) is 36.5 Å². The molecule has 0 unspecified atom stereocenters. The first-order chi connectivity index (χ1) is 18.5. The Morgan fingerprint density at radius 3 is 2.44 bits per heavy atom. The van der Waals surface area contributed by atoms with Gasteiger partial charge in [-0.15, -0.1) is 0 Å². The maximum atomic E-state index is 12.0. The Kier molecular flexibility index (Phi) is 8.94. The van der Waals surface area contributed by atoms with Crippen molar-refractivity contribution >= 4 is 29.0 Å². The lowest BCUT2D eigenvalue weighted by Crippen LogP contribution is -2.49. The molecule has 0 aliphatic heterocycles. The fraction of sp³-hybridized carbons (Fsp3) is 0.452. The van der Waals surface area contributed by atoms with E-state index < -0.39 is 12.1 Å². The normalized spacial score (nSPS) is 15.9. The highest BCUT2D eigenvalue weighted by molar-refractivity contribution is 6.28. The number of carbonyl (C=O) groups is 1. The van der Waals surface area contributed by atoms with E-state index in [9.17, 15) is 9.90 Å². The maximum Gasteiger partial charge on any atom is 0.224 e. The van der Waals surface area contributed by atoms with E-state index in [1.54, 1.807) is 0 Å². The van der Waals surface area contributed by atoms with Gasteiger partial charge in [-0.3, -0.25) is 4.79 Å². The van der Waals surface area contributed by atoms with Crippen molar-refractivity contribution in [1.29, 1.82) is 0 Å². The zero-order chi connectivity index (χ0) is 28.2. The summed E-state index contributed by atoms with van der Waals surface area (Å²) >= 11 is 6.04. The monoisotopic (exact) mass is 549 g/mol. The number of carbonyl (C=O) groups excluding carboxylic acids is 1. The summed E-state index contributed by atoms with van der Waals surface area (Å²) in [7, 11) is 0. The summed E-state index contributed by atoms with van der Waals surface area (Å²) in [4.78, 5) is 20.4. The van der Waals surface area contributed by atoms with E-state index in [-0.39, 0.29) is 22.1 Å². The highest BCUT2D eigenvalue weighted by Crippen LogP contribution is 2.46. The molecule has 3 aromatic rings. The standard InChI is InChI=1S/C31H40ClN5O2/c1-6-24-18-28(37-29(32)36-24)35-25-12-10-21(11-13-25)16-26(34-20(2)38)27(39)19-33-31(14-15-31)23-9-7-8-22(17-23)30(3,4)5/h7-13,17-18,26-27,33,39H,6,14-16,19H2,1-5H3,(H,34,38)(H,35,36,37)/t26-,27+/m0/s1. The molecular weight excluding hydrogens is 510 g/mol. The van der Waals surface area contributed by atoms with Gasteiger partial charge in [-0.05, 0) is 71.5 Å². The van der Waals surface area contributed by atoms with Crippen LogP contribution in [0.5, 0.6) is 0 Å². The third-order valence-electron chi connectivity index (χ3n) is 7.33. The predicted molar refractivity (Wildman–Crippen MR) is 158 cm³/mol. The Labute approximate surface area is 236 Å². The van der Waals surface area contributed by atoms with Crippen LogP contribution in [0.2, 0.25) is 5.28 Å². The van der Waals surface area contributed by atoms with Gasteiger partial charge in [-0.1, -0.05) is 64.1 Å². The third kappa shape index (κ3) is 7.78. The number of anilines is 2. The smallest absolute Gasteiger partial charge is 0.224 e. The van der Waals surface area contributed by atoms with Crippen molar-refractivity contribution in [3.05, 3.63) is 82.3 Å². The molecule has 208 valence electrons. The van der Waals surface area contributed by atoms with Crippen molar-refractivity contribution in [2.24, 2.45) is 0 Å². The topological polar surface area (TPSA) is 99.2 Å².